The third-order valence-corrected chi connectivity index (χ3v) is 3.18. The van der Waals surface area contributed by atoms with Crippen LogP contribution in [0.2, 0.25) is 0 Å². The Kier molecular flexibility index (Phi) is 5.69. The van der Waals surface area contributed by atoms with E-state index in [1.54, 1.807) is 7.11 Å². The molecule has 4 nitrogen and oxygen atoms in total. The Morgan fingerprint density at radius 1 is 1.17 bits per heavy atom. The van der Waals surface area contributed by atoms with Crippen molar-refractivity contribution in [1.82, 2.24) is 9.97 Å². The monoisotopic (exact) mass is 251 g/mol. The van der Waals surface area contributed by atoms with Crippen LogP contribution in [0.4, 0.5) is 0 Å². The number of aryl methyl sites for hydroxylation is 2. The molecular formula is C14H25N3O. The minimum atomic E-state index is -0.0361. The summed E-state index contributed by atoms with van der Waals surface area (Å²) in [7, 11) is 1.71. The Morgan fingerprint density at radius 2 is 1.72 bits per heavy atom. The Balaban J connectivity index is 3.05. The van der Waals surface area contributed by atoms with Gasteiger partial charge in [-0.3, -0.25) is 0 Å². The third-order valence-electron chi connectivity index (χ3n) is 3.18. The fourth-order valence-corrected chi connectivity index (χ4v) is 2.21. The molecule has 1 heterocycles. The van der Waals surface area contributed by atoms with Crippen LogP contribution >= 0.6 is 0 Å². The van der Waals surface area contributed by atoms with E-state index in [1.165, 1.54) is 5.56 Å². The van der Waals surface area contributed by atoms with Crippen LogP contribution in [-0.4, -0.2) is 23.6 Å². The molecule has 0 aromatic carbocycles. The molecule has 0 aliphatic heterocycles. The zero-order chi connectivity index (χ0) is 13.7. The van der Waals surface area contributed by atoms with E-state index in [2.05, 4.69) is 23.8 Å². The first kappa shape index (κ1) is 15.1. The van der Waals surface area contributed by atoms with E-state index in [4.69, 9.17) is 10.5 Å². The van der Waals surface area contributed by atoms with E-state index in [0.29, 0.717) is 12.5 Å². The summed E-state index contributed by atoms with van der Waals surface area (Å²) < 4.78 is 5.48. The first-order valence-corrected chi connectivity index (χ1v) is 6.58. The molecule has 0 fully saturated rings. The summed E-state index contributed by atoms with van der Waals surface area (Å²) in [6.07, 6.45) is 1.89. The highest BCUT2D eigenvalue weighted by atomic mass is 16.5. The Morgan fingerprint density at radius 3 is 2.11 bits per heavy atom. The first-order valence-electron chi connectivity index (χ1n) is 6.58. The smallest absolute Gasteiger partial charge is 0.157 e. The second kappa shape index (κ2) is 6.81. The summed E-state index contributed by atoms with van der Waals surface area (Å²) in [5, 5.41) is 0. The van der Waals surface area contributed by atoms with Crippen LogP contribution in [0.15, 0.2) is 0 Å². The van der Waals surface area contributed by atoms with Crippen LogP contribution < -0.4 is 5.73 Å². The minimum absolute atomic E-state index is 0.0361. The van der Waals surface area contributed by atoms with Crippen LogP contribution in [0.5, 0.6) is 0 Å². The number of ether oxygens (including phenoxy) is 1. The molecule has 0 spiro atoms. The molecule has 2 N–H and O–H groups in total. The quantitative estimate of drug-likeness (QED) is 0.843. The maximum absolute atomic E-state index is 5.56. The molecule has 1 atom stereocenters. The lowest BCUT2D eigenvalue weighted by Crippen LogP contribution is -2.16. The number of hydrogen-bond donors (Lipinski definition) is 1. The second-order valence-corrected chi connectivity index (χ2v) is 5.02. The lowest BCUT2D eigenvalue weighted by molar-refractivity contribution is 0.0571. The number of nitrogens with zero attached hydrogens (tertiary/aromatic N) is 2. The predicted octanol–water partition coefficient (Wildman–Crippen LogP) is 2.33. The van der Waals surface area contributed by atoms with Crippen molar-refractivity contribution >= 4 is 0 Å². The second-order valence-electron chi connectivity index (χ2n) is 5.02. The van der Waals surface area contributed by atoms with Crippen molar-refractivity contribution in [1.29, 1.82) is 0 Å². The maximum atomic E-state index is 5.56. The van der Waals surface area contributed by atoms with Gasteiger partial charge in [-0.25, -0.2) is 9.97 Å². The molecule has 1 rings (SSSR count). The van der Waals surface area contributed by atoms with Gasteiger partial charge < -0.3 is 10.5 Å². The van der Waals surface area contributed by atoms with Crippen LogP contribution in [0.3, 0.4) is 0 Å². The summed E-state index contributed by atoms with van der Waals surface area (Å²) in [6.45, 7) is 9.01. The van der Waals surface area contributed by atoms with Gasteiger partial charge in [-0.15, -0.1) is 0 Å². The summed E-state index contributed by atoms with van der Waals surface area (Å²) in [5.74, 6) is 1.16. The van der Waals surface area contributed by atoms with Crippen LogP contribution in [0.1, 0.15) is 49.1 Å². The van der Waals surface area contributed by atoms with Gasteiger partial charge in [0.15, 0.2) is 5.82 Å². The SMILES string of the molecule is COC(c1nc(C)c(CCCN)c(C)n1)C(C)C. The highest BCUT2D eigenvalue weighted by molar-refractivity contribution is 5.25. The summed E-state index contributed by atoms with van der Waals surface area (Å²) in [5.41, 5.74) is 8.88. The molecule has 0 aliphatic rings. The fourth-order valence-electron chi connectivity index (χ4n) is 2.21. The molecule has 4 heteroatoms. The molecule has 102 valence electrons. The Hall–Kier alpha value is -1.00. The third kappa shape index (κ3) is 3.50. The average Bonchev–Trinajstić information content (AvgIpc) is 2.28. The van der Waals surface area contributed by atoms with Gasteiger partial charge in [-0.1, -0.05) is 13.8 Å². The zero-order valence-electron chi connectivity index (χ0n) is 12.2. The van der Waals surface area contributed by atoms with Crippen LogP contribution in [0, 0.1) is 19.8 Å². The van der Waals surface area contributed by atoms with E-state index in [-0.39, 0.29) is 6.10 Å². The van der Waals surface area contributed by atoms with Gasteiger partial charge in [-0.2, -0.15) is 0 Å². The molecular weight excluding hydrogens is 226 g/mol. The maximum Gasteiger partial charge on any atom is 0.157 e. The van der Waals surface area contributed by atoms with Gasteiger partial charge >= 0.3 is 0 Å². The largest absolute Gasteiger partial charge is 0.373 e. The number of methoxy groups -OCH3 is 1. The predicted molar refractivity (Wildman–Crippen MR) is 73.5 cm³/mol. The van der Waals surface area contributed by atoms with Crippen LogP contribution in [0.25, 0.3) is 0 Å². The molecule has 0 amide bonds. The number of rotatable bonds is 6. The molecule has 0 saturated heterocycles. The molecule has 1 unspecified atom stereocenters. The van der Waals surface area contributed by atoms with Crippen molar-refractivity contribution in [3.8, 4) is 0 Å². The topological polar surface area (TPSA) is 61.0 Å². The molecule has 18 heavy (non-hydrogen) atoms. The van der Waals surface area contributed by atoms with E-state index >= 15 is 0 Å². The van der Waals surface area contributed by atoms with Crippen molar-refractivity contribution in [2.75, 3.05) is 13.7 Å². The van der Waals surface area contributed by atoms with Gasteiger partial charge in [0.1, 0.15) is 6.10 Å². The molecule has 1 aromatic heterocycles. The first-order chi connectivity index (χ1) is 8.51. The normalized spacial score (nSPS) is 13.1. The average molecular weight is 251 g/mol. The van der Waals surface area contributed by atoms with E-state index in [1.807, 2.05) is 13.8 Å². The standard InChI is InChI=1S/C14H25N3O/c1-9(2)13(18-5)14-16-10(3)12(7-6-8-15)11(4)17-14/h9,13H,6-8,15H2,1-5H3. The summed E-state index contributed by atoms with van der Waals surface area (Å²) >= 11 is 0. The van der Waals surface area contributed by atoms with Gasteiger partial charge in [0, 0.05) is 18.5 Å². The molecule has 0 aliphatic carbocycles. The van der Waals surface area contributed by atoms with Crippen molar-refractivity contribution in [3.63, 3.8) is 0 Å². The minimum Gasteiger partial charge on any atom is -0.373 e. The summed E-state index contributed by atoms with van der Waals surface area (Å²) in [4.78, 5) is 9.20. The Bertz CT molecular complexity index is 368. The molecule has 0 saturated carbocycles. The van der Waals surface area contributed by atoms with Crippen LogP contribution in [-0.2, 0) is 11.2 Å². The number of aromatic nitrogens is 2. The van der Waals surface area contributed by atoms with Gasteiger partial charge in [0.05, 0.1) is 0 Å². The zero-order valence-corrected chi connectivity index (χ0v) is 12.2. The van der Waals surface area contributed by atoms with Gasteiger partial charge in [0.25, 0.3) is 0 Å². The summed E-state index contributed by atoms with van der Waals surface area (Å²) in [6, 6.07) is 0. The van der Waals surface area contributed by atoms with Crippen molar-refractivity contribution in [3.05, 3.63) is 22.8 Å². The van der Waals surface area contributed by atoms with Gasteiger partial charge in [-0.05, 0) is 44.7 Å². The van der Waals surface area contributed by atoms with Crippen molar-refractivity contribution in [2.24, 2.45) is 11.7 Å². The number of nitrogens with two attached hydrogens (primary N) is 1. The van der Waals surface area contributed by atoms with E-state index < -0.39 is 0 Å². The number of hydrogen-bond acceptors (Lipinski definition) is 4. The van der Waals surface area contributed by atoms with Gasteiger partial charge in [0.2, 0.25) is 0 Å². The lowest BCUT2D eigenvalue weighted by atomic mass is 10.0. The fraction of sp³-hybridized carbons (Fsp3) is 0.714. The molecule has 0 bridgehead atoms. The lowest BCUT2D eigenvalue weighted by Gasteiger charge is -2.20. The van der Waals surface area contributed by atoms with Crippen molar-refractivity contribution in [2.45, 2.75) is 46.6 Å². The van der Waals surface area contributed by atoms with E-state index in [0.717, 1.165) is 30.1 Å². The Labute approximate surface area is 110 Å². The highest BCUT2D eigenvalue weighted by Crippen LogP contribution is 2.24. The molecule has 0 radical (unpaired) electrons. The van der Waals surface area contributed by atoms with E-state index in [9.17, 15) is 0 Å². The van der Waals surface area contributed by atoms with Crippen molar-refractivity contribution < 1.29 is 4.74 Å². The molecule has 1 aromatic rings. The highest BCUT2D eigenvalue weighted by Gasteiger charge is 2.20.